The Labute approximate surface area is 177 Å². The van der Waals surface area contributed by atoms with Gasteiger partial charge >= 0.3 is 0 Å². The highest BCUT2D eigenvalue weighted by Crippen LogP contribution is 2.18. The average molecular weight is 426 g/mol. The molecule has 0 atom stereocenters. The highest BCUT2D eigenvalue weighted by Gasteiger charge is 2.09. The van der Waals surface area contributed by atoms with E-state index in [0.717, 1.165) is 11.8 Å². The molecule has 0 unspecified atom stereocenters. The fraction of sp³-hybridized carbons (Fsp3) is 0.143. The summed E-state index contributed by atoms with van der Waals surface area (Å²) < 4.78 is 18.6. The van der Waals surface area contributed by atoms with Crippen molar-refractivity contribution < 1.29 is 18.7 Å². The highest BCUT2D eigenvalue weighted by molar-refractivity contribution is 7.99. The van der Waals surface area contributed by atoms with Gasteiger partial charge < -0.3 is 15.4 Å². The first-order valence-electron chi connectivity index (χ1n) is 9.09. The number of rotatable bonds is 8. The van der Waals surface area contributed by atoms with Gasteiger partial charge in [0.15, 0.2) is 5.82 Å². The zero-order valence-corrected chi connectivity index (χ0v) is 16.9. The fourth-order valence-electron chi connectivity index (χ4n) is 2.42. The minimum atomic E-state index is -0.496. The van der Waals surface area contributed by atoms with Crippen LogP contribution in [0, 0.1) is 5.82 Å². The zero-order chi connectivity index (χ0) is 21.3. The van der Waals surface area contributed by atoms with Crippen molar-refractivity contribution in [3.8, 4) is 5.75 Å². The second-order valence-corrected chi connectivity index (χ2v) is 7.01. The summed E-state index contributed by atoms with van der Waals surface area (Å²) in [5.74, 6) is -0.0498. The van der Waals surface area contributed by atoms with Crippen molar-refractivity contribution in [1.82, 2.24) is 10.2 Å². The van der Waals surface area contributed by atoms with Crippen molar-refractivity contribution in [3.05, 3.63) is 72.0 Å². The molecule has 7 nitrogen and oxygen atoms in total. The lowest BCUT2D eigenvalue weighted by molar-refractivity contribution is -0.113. The van der Waals surface area contributed by atoms with Crippen LogP contribution in [0.2, 0.25) is 0 Å². The summed E-state index contributed by atoms with van der Waals surface area (Å²) in [7, 11) is 0. The van der Waals surface area contributed by atoms with Gasteiger partial charge in [-0.25, -0.2) is 4.39 Å². The molecule has 3 aromatic rings. The Kier molecular flexibility index (Phi) is 7.34. The Morgan fingerprint density at radius 1 is 1.03 bits per heavy atom. The van der Waals surface area contributed by atoms with Crippen LogP contribution in [-0.4, -0.2) is 34.4 Å². The molecular weight excluding hydrogens is 407 g/mol. The molecule has 1 heterocycles. The van der Waals surface area contributed by atoms with Crippen LogP contribution in [0.3, 0.4) is 0 Å². The van der Waals surface area contributed by atoms with E-state index in [9.17, 15) is 14.0 Å². The van der Waals surface area contributed by atoms with Gasteiger partial charge in [0.25, 0.3) is 5.91 Å². The predicted molar refractivity (Wildman–Crippen MR) is 113 cm³/mol. The molecule has 0 saturated carbocycles. The van der Waals surface area contributed by atoms with Gasteiger partial charge in [-0.3, -0.25) is 9.59 Å². The minimum absolute atomic E-state index is 0.150. The van der Waals surface area contributed by atoms with Gasteiger partial charge in [-0.05, 0) is 61.5 Å². The molecular formula is C21H19FN4O3S. The quantitative estimate of drug-likeness (QED) is 0.529. The fourth-order valence-corrected chi connectivity index (χ4v) is 3.03. The molecule has 2 amide bonds. The Morgan fingerprint density at radius 3 is 2.50 bits per heavy atom. The van der Waals surface area contributed by atoms with E-state index in [-0.39, 0.29) is 23.0 Å². The number of carbonyl (C=O) groups is 2. The van der Waals surface area contributed by atoms with Crippen LogP contribution >= 0.6 is 11.8 Å². The number of benzene rings is 2. The third-order valence-electron chi connectivity index (χ3n) is 3.77. The molecule has 0 aliphatic carbocycles. The molecule has 1 aromatic heterocycles. The van der Waals surface area contributed by atoms with Gasteiger partial charge in [0.05, 0.1) is 12.4 Å². The predicted octanol–water partition coefficient (Wildman–Crippen LogP) is 4.00. The van der Waals surface area contributed by atoms with Crippen molar-refractivity contribution in [2.75, 3.05) is 23.0 Å². The van der Waals surface area contributed by atoms with Crippen LogP contribution < -0.4 is 15.4 Å². The van der Waals surface area contributed by atoms with Crippen LogP contribution in [0.4, 0.5) is 15.9 Å². The molecule has 2 aromatic carbocycles. The number of hydrogen-bond donors (Lipinski definition) is 2. The summed E-state index contributed by atoms with van der Waals surface area (Å²) in [5, 5.41) is 13.8. The van der Waals surface area contributed by atoms with Gasteiger partial charge in [0, 0.05) is 11.3 Å². The van der Waals surface area contributed by atoms with E-state index in [0.29, 0.717) is 17.3 Å². The lowest BCUT2D eigenvalue weighted by Gasteiger charge is -2.07. The number of nitrogens with zero attached hydrogens (tertiary/aromatic N) is 2. The number of thioether (sulfide) groups is 1. The Balaban J connectivity index is 1.48. The number of nitrogens with one attached hydrogen (secondary N) is 2. The summed E-state index contributed by atoms with van der Waals surface area (Å²) in [6, 6.07) is 15.7. The second-order valence-electron chi connectivity index (χ2n) is 6.02. The summed E-state index contributed by atoms with van der Waals surface area (Å²) in [6.07, 6.45) is 0. The van der Waals surface area contributed by atoms with Crippen LogP contribution in [0.15, 0.2) is 65.7 Å². The molecule has 154 valence electrons. The van der Waals surface area contributed by atoms with Crippen molar-refractivity contribution in [3.63, 3.8) is 0 Å². The largest absolute Gasteiger partial charge is 0.494 e. The first-order chi connectivity index (χ1) is 14.5. The molecule has 9 heteroatoms. The van der Waals surface area contributed by atoms with E-state index in [4.69, 9.17) is 4.74 Å². The SMILES string of the molecule is CCOc1ccc(NC(=O)CSc2ccc(NC(=O)c3cccc(F)c3)nn2)cc1. The number of amides is 2. The van der Waals surface area contributed by atoms with Gasteiger partial charge in [0.2, 0.25) is 5.91 Å². The Bertz CT molecular complexity index is 1010. The van der Waals surface area contributed by atoms with Crippen molar-refractivity contribution in [2.45, 2.75) is 11.9 Å². The molecule has 2 N–H and O–H groups in total. The number of carbonyl (C=O) groups excluding carboxylic acids is 2. The van der Waals surface area contributed by atoms with Crippen molar-refractivity contribution in [2.24, 2.45) is 0 Å². The molecule has 0 saturated heterocycles. The van der Waals surface area contributed by atoms with Gasteiger partial charge in [0.1, 0.15) is 16.6 Å². The maximum atomic E-state index is 13.2. The van der Waals surface area contributed by atoms with Gasteiger partial charge in [-0.1, -0.05) is 17.8 Å². The van der Waals surface area contributed by atoms with Crippen LogP contribution in [-0.2, 0) is 4.79 Å². The van der Waals surface area contributed by atoms with E-state index >= 15 is 0 Å². The van der Waals surface area contributed by atoms with E-state index < -0.39 is 11.7 Å². The first-order valence-corrected chi connectivity index (χ1v) is 10.1. The molecule has 0 aliphatic heterocycles. The van der Waals surface area contributed by atoms with E-state index in [1.165, 1.54) is 30.0 Å². The number of ether oxygens (including phenoxy) is 1. The van der Waals surface area contributed by atoms with E-state index in [1.54, 1.807) is 36.4 Å². The third-order valence-corrected chi connectivity index (χ3v) is 4.69. The summed E-state index contributed by atoms with van der Waals surface area (Å²) in [5.41, 5.74) is 0.853. The van der Waals surface area contributed by atoms with Crippen molar-refractivity contribution in [1.29, 1.82) is 0 Å². The lowest BCUT2D eigenvalue weighted by atomic mass is 10.2. The molecule has 30 heavy (non-hydrogen) atoms. The van der Waals surface area contributed by atoms with Crippen molar-refractivity contribution >= 4 is 35.1 Å². The second kappa shape index (κ2) is 10.4. The molecule has 0 bridgehead atoms. The molecule has 0 aliphatic rings. The van der Waals surface area contributed by atoms with Gasteiger partial charge in [-0.15, -0.1) is 10.2 Å². The van der Waals surface area contributed by atoms with Crippen LogP contribution in [0.25, 0.3) is 0 Å². The number of halogens is 1. The molecule has 0 radical (unpaired) electrons. The van der Waals surface area contributed by atoms with E-state index in [2.05, 4.69) is 20.8 Å². The summed E-state index contributed by atoms with van der Waals surface area (Å²) >= 11 is 1.21. The standard InChI is InChI=1S/C21H19FN4O3S/c1-2-29-17-8-6-16(7-9-17)23-19(27)13-30-20-11-10-18(25-26-20)24-21(28)14-4-3-5-15(22)12-14/h3-12H,2,13H2,1H3,(H,23,27)(H,24,25,28). The Hall–Kier alpha value is -3.46. The number of aromatic nitrogens is 2. The first kappa shape index (κ1) is 21.3. The summed E-state index contributed by atoms with van der Waals surface area (Å²) in [6.45, 7) is 2.48. The molecule has 0 fully saturated rings. The van der Waals surface area contributed by atoms with E-state index in [1.807, 2.05) is 6.92 Å². The normalized spacial score (nSPS) is 10.3. The monoisotopic (exact) mass is 426 g/mol. The molecule has 3 rings (SSSR count). The molecule has 0 spiro atoms. The lowest BCUT2D eigenvalue weighted by Crippen LogP contribution is -2.14. The minimum Gasteiger partial charge on any atom is -0.494 e. The maximum Gasteiger partial charge on any atom is 0.256 e. The summed E-state index contributed by atoms with van der Waals surface area (Å²) in [4.78, 5) is 24.2. The highest BCUT2D eigenvalue weighted by atomic mass is 32.2. The maximum absolute atomic E-state index is 13.2. The smallest absolute Gasteiger partial charge is 0.256 e. The number of anilines is 2. The van der Waals surface area contributed by atoms with Gasteiger partial charge in [-0.2, -0.15) is 0 Å². The Morgan fingerprint density at radius 2 is 1.83 bits per heavy atom. The van der Waals surface area contributed by atoms with Crippen LogP contribution in [0.1, 0.15) is 17.3 Å². The zero-order valence-electron chi connectivity index (χ0n) is 16.1. The topological polar surface area (TPSA) is 93.2 Å². The van der Waals surface area contributed by atoms with Crippen LogP contribution in [0.5, 0.6) is 5.75 Å². The average Bonchev–Trinajstić information content (AvgIpc) is 2.75. The third kappa shape index (κ3) is 6.28. The number of hydrogen-bond acceptors (Lipinski definition) is 6.